The summed E-state index contributed by atoms with van der Waals surface area (Å²) in [6.07, 6.45) is -0.968. The summed E-state index contributed by atoms with van der Waals surface area (Å²) < 4.78 is 0. The number of carbonyl (C=O) groups is 1. The zero-order valence-electron chi connectivity index (χ0n) is 18.0. The van der Waals surface area contributed by atoms with Crippen LogP contribution in [0, 0.1) is 12.8 Å². The number of amides is 1. The van der Waals surface area contributed by atoms with Crippen molar-refractivity contribution in [2.24, 2.45) is 11.1 Å². The molecule has 2 aliphatic heterocycles. The van der Waals surface area contributed by atoms with Crippen molar-refractivity contribution in [3.63, 3.8) is 0 Å². The molecule has 0 radical (unpaired) electrons. The minimum absolute atomic E-state index is 0.126. The number of nitrogens with zero attached hydrogens (tertiary/aromatic N) is 2. The standard InChI is InChI=1S/C27H26N2O3/c1-18-12-14-21(15-13-18)24-23-25(32-28-24)27(31)29(26(23)30)17-16-22(19-8-4-2-5-9-19)20-10-6-3-7-11-20/h2-15,22-23,25,27,31H,16-17H2,1H3/t23-,25+,27-/m1/s1. The molecule has 1 saturated heterocycles. The van der Waals surface area contributed by atoms with Gasteiger partial charge < -0.3 is 14.8 Å². The highest BCUT2D eigenvalue weighted by Gasteiger charge is 2.55. The molecule has 1 amide bonds. The number of carbonyl (C=O) groups excluding carboxylic acids is 1. The predicted octanol–water partition coefficient (Wildman–Crippen LogP) is 4.10. The van der Waals surface area contributed by atoms with Crippen molar-refractivity contribution in [1.29, 1.82) is 0 Å². The van der Waals surface area contributed by atoms with Gasteiger partial charge in [-0.2, -0.15) is 0 Å². The monoisotopic (exact) mass is 426 g/mol. The number of hydrogen-bond donors (Lipinski definition) is 1. The molecule has 3 aromatic rings. The number of aryl methyl sites for hydroxylation is 1. The molecule has 3 atom stereocenters. The molecule has 5 rings (SSSR count). The molecule has 32 heavy (non-hydrogen) atoms. The summed E-state index contributed by atoms with van der Waals surface area (Å²) in [7, 11) is 0. The largest absolute Gasteiger partial charge is 0.386 e. The molecule has 5 nitrogen and oxygen atoms in total. The highest BCUT2D eigenvalue weighted by Crippen LogP contribution is 2.36. The molecule has 0 saturated carbocycles. The molecule has 2 heterocycles. The maximum Gasteiger partial charge on any atom is 0.238 e. The fourth-order valence-electron chi connectivity index (χ4n) is 4.72. The van der Waals surface area contributed by atoms with E-state index in [1.165, 1.54) is 11.1 Å². The number of benzene rings is 3. The average Bonchev–Trinajstić information content (AvgIpc) is 3.37. The highest BCUT2D eigenvalue weighted by molar-refractivity contribution is 6.15. The van der Waals surface area contributed by atoms with Gasteiger partial charge in [-0.15, -0.1) is 0 Å². The number of aliphatic hydroxyl groups excluding tert-OH is 1. The molecule has 2 aliphatic rings. The third-order valence-electron chi connectivity index (χ3n) is 6.47. The Morgan fingerprint density at radius 3 is 2.12 bits per heavy atom. The first kappa shape index (κ1) is 20.5. The van der Waals surface area contributed by atoms with E-state index >= 15 is 0 Å². The van der Waals surface area contributed by atoms with E-state index in [9.17, 15) is 9.90 Å². The van der Waals surface area contributed by atoms with E-state index in [1.54, 1.807) is 4.90 Å². The van der Waals surface area contributed by atoms with Crippen LogP contribution >= 0.6 is 0 Å². The van der Waals surface area contributed by atoms with Crippen LogP contribution < -0.4 is 0 Å². The van der Waals surface area contributed by atoms with Crippen molar-refractivity contribution in [1.82, 2.24) is 4.90 Å². The Labute approximate surface area is 187 Å². The van der Waals surface area contributed by atoms with Gasteiger partial charge in [0.05, 0.1) is 0 Å². The molecule has 162 valence electrons. The average molecular weight is 427 g/mol. The Kier molecular flexibility index (Phi) is 5.50. The summed E-state index contributed by atoms with van der Waals surface area (Å²) in [4.78, 5) is 20.4. The fourth-order valence-corrected chi connectivity index (χ4v) is 4.72. The Bertz CT molecular complexity index is 1070. The van der Waals surface area contributed by atoms with Gasteiger partial charge in [0, 0.05) is 18.0 Å². The van der Waals surface area contributed by atoms with Crippen LogP contribution in [0.25, 0.3) is 0 Å². The number of oxime groups is 1. The predicted molar refractivity (Wildman–Crippen MR) is 123 cm³/mol. The molecule has 0 bridgehead atoms. The minimum Gasteiger partial charge on any atom is -0.386 e. The van der Waals surface area contributed by atoms with Gasteiger partial charge >= 0.3 is 0 Å². The van der Waals surface area contributed by atoms with Crippen LogP contribution in [-0.2, 0) is 9.63 Å². The van der Waals surface area contributed by atoms with Crippen molar-refractivity contribution < 1.29 is 14.7 Å². The Morgan fingerprint density at radius 1 is 0.938 bits per heavy atom. The number of fused-ring (bicyclic) bond motifs is 1. The molecule has 0 unspecified atom stereocenters. The van der Waals surface area contributed by atoms with Gasteiger partial charge in [-0.3, -0.25) is 4.79 Å². The van der Waals surface area contributed by atoms with E-state index in [0.29, 0.717) is 18.7 Å². The van der Waals surface area contributed by atoms with Crippen molar-refractivity contribution in [2.75, 3.05) is 6.54 Å². The van der Waals surface area contributed by atoms with E-state index in [1.807, 2.05) is 67.6 Å². The summed E-state index contributed by atoms with van der Waals surface area (Å²) >= 11 is 0. The first-order valence-corrected chi connectivity index (χ1v) is 11.0. The lowest BCUT2D eigenvalue weighted by molar-refractivity contribution is -0.135. The smallest absolute Gasteiger partial charge is 0.238 e. The maximum atomic E-state index is 13.3. The van der Waals surface area contributed by atoms with Crippen molar-refractivity contribution in [2.45, 2.75) is 31.6 Å². The molecule has 3 aromatic carbocycles. The number of aliphatic hydroxyl groups is 1. The molecule has 1 N–H and O–H groups in total. The zero-order chi connectivity index (χ0) is 22.1. The van der Waals surface area contributed by atoms with Crippen molar-refractivity contribution in [3.8, 4) is 0 Å². The molecule has 0 aliphatic carbocycles. The van der Waals surface area contributed by atoms with Crippen LogP contribution in [0.1, 0.15) is 34.6 Å². The van der Waals surface area contributed by atoms with Crippen LogP contribution in [0.4, 0.5) is 0 Å². The van der Waals surface area contributed by atoms with Gasteiger partial charge in [-0.25, -0.2) is 0 Å². The van der Waals surface area contributed by atoms with Crippen molar-refractivity contribution in [3.05, 3.63) is 107 Å². The number of rotatable bonds is 6. The van der Waals surface area contributed by atoms with Crippen LogP contribution in [-0.4, -0.2) is 40.5 Å². The Hall–Kier alpha value is -3.44. The Morgan fingerprint density at radius 2 is 1.53 bits per heavy atom. The normalized spacial score (nSPS) is 22.1. The van der Waals surface area contributed by atoms with Crippen molar-refractivity contribution >= 4 is 11.6 Å². The third kappa shape index (κ3) is 3.69. The fraction of sp³-hybridized carbons (Fsp3) is 0.259. The zero-order valence-corrected chi connectivity index (χ0v) is 18.0. The van der Waals surface area contributed by atoms with E-state index in [4.69, 9.17) is 4.84 Å². The van der Waals surface area contributed by atoms with Crippen LogP contribution in [0.2, 0.25) is 0 Å². The second-order valence-electron chi connectivity index (χ2n) is 8.50. The topological polar surface area (TPSA) is 62.1 Å². The second-order valence-corrected chi connectivity index (χ2v) is 8.50. The molecular weight excluding hydrogens is 400 g/mol. The lowest BCUT2D eigenvalue weighted by atomic mass is 9.88. The summed E-state index contributed by atoms with van der Waals surface area (Å²) in [5.41, 5.74) is 4.98. The molecular formula is C27H26N2O3. The first-order valence-electron chi connectivity index (χ1n) is 11.0. The van der Waals surface area contributed by atoms with E-state index < -0.39 is 18.2 Å². The molecule has 0 spiro atoms. The second kappa shape index (κ2) is 8.60. The van der Waals surface area contributed by atoms with Crippen LogP contribution in [0.3, 0.4) is 0 Å². The summed E-state index contributed by atoms with van der Waals surface area (Å²) in [5.74, 6) is -0.567. The third-order valence-corrected chi connectivity index (χ3v) is 6.47. The first-order chi connectivity index (χ1) is 15.6. The van der Waals surface area contributed by atoms with Gasteiger partial charge in [0.15, 0.2) is 12.3 Å². The summed E-state index contributed by atoms with van der Waals surface area (Å²) in [5, 5.41) is 15.1. The van der Waals surface area contributed by atoms with Gasteiger partial charge in [-0.05, 0) is 24.5 Å². The highest BCUT2D eigenvalue weighted by atomic mass is 16.7. The summed E-state index contributed by atoms with van der Waals surface area (Å²) in [6, 6.07) is 28.5. The minimum atomic E-state index is -1.01. The maximum absolute atomic E-state index is 13.3. The lowest BCUT2D eigenvalue weighted by Gasteiger charge is -2.25. The van der Waals surface area contributed by atoms with Crippen LogP contribution in [0.5, 0.6) is 0 Å². The molecule has 0 aromatic heterocycles. The van der Waals surface area contributed by atoms with E-state index in [-0.39, 0.29) is 11.8 Å². The molecule has 5 heteroatoms. The van der Waals surface area contributed by atoms with Gasteiger partial charge in [-0.1, -0.05) is 95.6 Å². The number of hydrogen-bond acceptors (Lipinski definition) is 4. The SMILES string of the molecule is Cc1ccc(C2=NO[C@H]3[C@@H]2C(=O)N(CCC(c2ccccc2)c2ccccc2)[C@@H]3O)cc1. The Balaban J connectivity index is 1.36. The molecule has 1 fully saturated rings. The van der Waals surface area contributed by atoms with Gasteiger partial charge in [0.2, 0.25) is 5.91 Å². The lowest BCUT2D eigenvalue weighted by Crippen LogP contribution is -2.38. The van der Waals surface area contributed by atoms with Crippen LogP contribution in [0.15, 0.2) is 90.1 Å². The van der Waals surface area contributed by atoms with Gasteiger partial charge in [0.1, 0.15) is 11.6 Å². The van der Waals surface area contributed by atoms with E-state index in [2.05, 4.69) is 29.4 Å². The van der Waals surface area contributed by atoms with E-state index in [0.717, 1.165) is 11.1 Å². The summed E-state index contributed by atoms with van der Waals surface area (Å²) in [6.45, 7) is 2.45. The van der Waals surface area contributed by atoms with Gasteiger partial charge in [0.25, 0.3) is 0 Å². The quantitative estimate of drug-likeness (QED) is 0.646. The number of likely N-dealkylation sites (tertiary alicyclic amines) is 1.